The first-order valence-electron chi connectivity index (χ1n) is 12.1. The van der Waals surface area contributed by atoms with Gasteiger partial charge in [0, 0.05) is 30.4 Å². The average Bonchev–Trinajstić information content (AvgIpc) is 3.40. The number of nitrogens with zero attached hydrogens (tertiary/aromatic N) is 2. The van der Waals surface area contributed by atoms with E-state index in [0.29, 0.717) is 0 Å². The number of hydrogen-bond donors (Lipinski definition) is 3. The molecule has 0 unspecified atom stereocenters. The van der Waals surface area contributed by atoms with Crippen LogP contribution in [0, 0.1) is 6.92 Å². The van der Waals surface area contributed by atoms with Crippen molar-refractivity contribution in [2.75, 3.05) is 19.6 Å². The zero-order valence-electron chi connectivity index (χ0n) is 20.5. The predicted octanol–water partition coefficient (Wildman–Crippen LogP) is 5.61. The molecule has 0 spiro atoms. The average molecular weight is 450 g/mol. The highest BCUT2D eigenvalue weighted by Gasteiger charge is 2.17. The molecule has 1 saturated heterocycles. The third-order valence-corrected chi connectivity index (χ3v) is 6.21. The molecule has 0 aliphatic carbocycles. The Balaban J connectivity index is 0.000000968. The minimum absolute atomic E-state index is 0.109. The van der Waals surface area contributed by atoms with Gasteiger partial charge in [0.15, 0.2) is 0 Å². The van der Waals surface area contributed by atoms with Crippen molar-refractivity contribution in [2.45, 2.75) is 59.5 Å². The number of phenols is 2. The van der Waals surface area contributed by atoms with Gasteiger partial charge in [-0.3, -0.25) is 4.90 Å². The lowest BCUT2D eigenvalue weighted by atomic mass is 9.97. The summed E-state index contributed by atoms with van der Waals surface area (Å²) in [6.45, 7) is 13.0. The maximum Gasteiger partial charge on any atom is 0.128 e. The molecule has 4 rings (SSSR count). The van der Waals surface area contributed by atoms with Crippen molar-refractivity contribution in [3.8, 4) is 22.8 Å². The van der Waals surface area contributed by atoms with E-state index in [9.17, 15) is 10.2 Å². The van der Waals surface area contributed by atoms with E-state index >= 15 is 0 Å². The van der Waals surface area contributed by atoms with Crippen LogP contribution in [0.25, 0.3) is 11.3 Å². The van der Waals surface area contributed by atoms with Gasteiger partial charge in [0.2, 0.25) is 0 Å². The van der Waals surface area contributed by atoms with Crippen molar-refractivity contribution >= 4 is 0 Å². The molecule has 1 aliphatic rings. The summed E-state index contributed by atoms with van der Waals surface area (Å²) in [5, 5.41) is 20.7. The fourth-order valence-electron chi connectivity index (χ4n) is 4.41. The molecular formula is C28H39N3O2. The van der Waals surface area contributed by atoms with Gasteiger partial charge in [-0.1, -0.05) is 45.0 Å². The number of aromatic nitrogens is 1. The topological polar surface area (TPSA) is 74.6 Å². The minimum Gasteiger partial charge on any atom is -0.508 e. The molecule has 0 bridgehead atoms. The third-order valence-electron chi connectivity index (χ3n) is 6.21. The van der Waals surface area contributed by atoms with Crippen molar-refractivity contribution in [3.63, 3.8) is 0 Å². The molecule has 4 N–H and O–H groups in total. The largest absolute Gasteiger partial charge is 0.508 e. The van der Waals surface area contributed by atoms with Gasteiger partial charge in [0.25, 0.3) is 0 Å². The van der Waals surface area contributed by atoms with Gasteiger partial charge < -0.3 is 20.5 Å². The normalized spacial score (nSPS) is 13.9. The van der Waals surface area contributed by atoms with Gasteiger partial charge >= 0.3 is 0 Å². The van der Waals surface area contributed by atoms with E-state index in [1.54, 1.807) is 0 Å². The molecule has 3 aromatic rings. The van der Waals surface area contributed by atoms with Crippen molar-refractivity contribution in [1.82, 2.24) is 9.47 Å². The Bertz CT molecular complexity index is 1030. The Morgan fingerprint density at radius 3 is 2.03 bits per heavy atom. The zero-order valence-corrected chi connectivity index (χ0v) is 20.5. The summed E-state index contributed by atoms with van der Waals surface area (Å²) in [7, 11) is 0. The van der Waals surface area contributed by atoms with Crippen LogP contribution in [0.5, 0.6) is 11.5 Å². The predicted molar refractivity (Wildman–Crippen MR) is 137 cm³/mol. The number of rotatable bonds is 6. The summed E-state index contributed by atoms with van der Waals surface area (Å²) in [5.74, 6) is 0.434. The number of aromatic hydroxyl groups is 2. The molecule has 0 amide bonds. The van der Waals surface area contributed by atoms with Crippen LogP contribution >= 0.6 is 0 Å². The standard InChI is InChI=1S/C26H32N2O2.C2H7N/c1-18(2)22-14-23(26(30)15-25(22)29)24-11-6-19(3)28(24)17-21-9-7-20(8-10-21)16-27-12-4-5-13-27;1-2-3/h6-11,14-15,18,29-30H,4-5,12-13,16-17H2,1-3H3;2-3H2,1H3. The van der Waals surface area contributed by atoms with Crippen molar-refractivity contribution in [1.29, 1.82) is 0 Å². The Morgan fingerprint density at radius 2 is 1.45 bits per heavy atom. The van der Waals surface area contributed by atoms with Gasteiger partial charge in [-0.25, -0.2) is 0 Å². The van der Waals surface area contributed by atoms with Crippen molar-refractivity contribution in [2.24, 2.45) is 5.73 Å². The van der Waals surface area contributed by atoms with E-state index in [-0.39, 0.29) is 17.4 Å². The van der Waals surface area contributed by atoms with Gasteiger partial charge in [-0.2, -0.15) is 0 Å². The molecule has 5 nitrogen and oxygen atoms in total. The maximum absolute atomic E-state index is 10.5. The van der Waals surface area contributed by atoms with Crippen LogP contribution in [0.15, 0.2) is 48.5 Å². The van der Waals surface area contributed by atoms with Crippen molar-refractivity contribution < 1.29 is 10.2 Å². The van der Waals surface area contributed by atoms with Crippen LogP contribution < -0.4 is 5.73 Å². The third kappa shape index (κ3) is 6.18. The van der Waals surface area contributed by atoms with Crippen molar-refractivity contribution in [3.05, 3.63) is 70.9 Å². The van der Waals surface area contributed by atoms with Gasteiger partial charge in [-0.15, -0.1) is 0 Å². The molecule has 33 heavy (non-hydrogen) atoms. The first-order chi connectivity index (χ1) is 15.8. The SMILES string of the molecule is CCN.Cc1ccc(-c2cc(C(C)C)c(O)cc2O)n1Cc1ccc(CN2CCCC2)cc1. The van der Waals surface area contributed by atoms with E-state index in [0.717, 1.165) is 42.1 Å². The summed E-state index contributed by atoms with van der Waals surface area (Å²) in [6.07, 6.45) is 2.63. The highest BCUT2D eigenvalue weighted by molar-refractivity contribution is 5.71. The molecule has 0 radical (unpaired) electrons. The molecule has 178 valence electrons. The quantitative estimate of drug-likeness (QED) is 0.457. The minimum atomic E-state index is 0.109. The second-order valence-corrected chi connectivity index (χ2v) is 9.24. The second kappa shape index (κ2) is 11.4. The van der Waals surface area contributed by atoms with Gasteiger partial charge in [-0.05, 0) is 80.2 Å². The lowest BCUT2D eigenvalue weighted by Gasteiger charge is -2.17. The summed E-state index contributed by atoms with van der Waals surface area (Å²) >= 11 is 0. The monoisotopic (exact) mass is 449 g/mol. The molecule has 1 fully saturated rings. The Kier molecular flexibility index (Phi) is 8.59. The molecule has 2 aromatic carbocycles. The Hall–Kier alpha value is -2.76. The highest BCUT2D eigenvalue weighted by atomic mass is 16.3. The summed E-state index contributed by atoms with van der Waals surface area (Å²) < 4.78 is 2.23. The van der Waals surface area contributed by atoms with Gasteiger partial charge in [0.05, 0.1) is 5.69 Å². The van der Waals surface area contributed by atoms with Crippen LogP contribution in [0.1, 0.15) is 61.9 Å². The molecule has 1 aromatic heterocycles. The number of benzene rings is 2. The number of likely N-dealkylation sites (tertiary alicyclic amines) is 1. The van der Waals surface area contributed by atoms with Crippen LogP contribution in [-0.2, 0) is 13.1 Å². The molecule has 5 heteroatoms. The fourth-order valence-corrected chi connectivity index (χ4v) is 4.41. The molecule has 1 aliphatic heterocycles. The lowest BCUT2D eigenvalue weighted by Crippen LogP contribution is -2.18. The number of hydrogen-bond acceptors (Lipinski definition) is 4. The van der Waals surface area contributed by atoms with Crippen LogP contribution in [-0.4, -0.2) is 39.3 Å². The van der Waals surface area contributed by atoms with Gasteiger partial charge in [0.1, 0.15) is 11.5 Å². The van der Waals surface area contributed by atoms with E-state index in [2.05, 4.69) is 46.7 Å². The van der Waals surface area contributed by atoms with E-state index < -0.39 is 0 Å². The van der Waals surface area contributed by atoms with E-state index in [1.165, 1.54) is 43.1 Å². The smallest absolute Gasteiger partial charge is 0.128 e. The first-order valence-corrected chi connectivity index (χ1v) is 12.1. The fraction of sp³-hybridized carbons (Fsp3) is 0.429. The number of phenolic OH excluding ortho intramolecular Hbond substituents is 2. The number of nitrogens with two attached hydrogens (primary N) is 1. The van der Waals surface area contributed by atoms with E-state index in [1.807, 2.05) is 32.9 Å². The first kappa shape index (κ1) is 24.9. The molecule has 0 atom stereocenters. The Labute approximate surface area is 198 Å². The maximum atomic E-state index is 10.5. The number of aryl methyl sites for hydroxylation is 1. The van der Waals surface area contributed by atoms with Crippen LogP contribution in [0.3, 0.4) is 0 Å². The molecule has 0 saturated carbocycles. The molecular weight excluding hydrogens is 410 g/mol. The van der Waals surface area contributed by atoms with E-state index in [4.69, 9.17) is 5.73 Å². The van der Waals surface area contributed by atoms with Crippen LogP contribution in [0.4, 0.5) is 0 Å². The summed E-state index contributed by atoms with van der Waals surface area (Å²) in [5.41, 5.74) is 11.2. The zero-order chi connectivity index (χ0) is 24.0. The summed E-state index contributed by atoms with van der Waals surface area (Å²) in [6, 6.07) is 16.4. The highest BCUT2D eigenvalue weighted by Crippen LogP contribution is 2.38. The Morgan fingerprint density at radius 1 is 0.879 bits per heavy atom. The second-order valence-electron chi connectivity index (χ2n) is 9.24. The van der Waals surface area contributed by atoms with Crippen LogP contribution in [0.2, 0.25) is 0 Å². The molecule has 2 heterocycles. The lowest BCUT2D eigenvalue weighted by molar-refractivity contribution is 0.331. The summed E-state index contributed by atoms with van der Waals surface area (Å²) in [4.78, 5) is 2.52.